The van der Waals surface area contributed by atoms with Crippen molar-refractivity contribution in [2.45, 2.75) is 13.2 Å². The summed E-state index contributed by atoms with van der Waals surface area (Å²) in [5, 5.41) is 12.5. The molecule has 2 aromatic carbocycles. The third-order valence-electron chi connectivity index (χ3n) is 3.26. The molecule has 0 radical (unpaired) electrons. The van der Waals surface area contributed by atoms with Gasteiger partial charge < -0.3 is 19.9 Å². The summed E-state index contributed by atoms with van der Waals surface area (Å²) in [6.07, 6.45) is 0. The van der Waals surface area contributed by atoms with Crippen LogP contribution in [0.1, 0.15) is 11.1 Å². The van der Waals surface area contributed by atoms with Crippen molar-refractivity contribution in [3.8, 4) is 11.5 Å². The van der Waals surface area contributed by atoms with Crippen molar-refractivity contribution in [2.75, 3.05) is 13.7 Å². The molecule has 0 saturated carbocycles. The molecule has 0 bridgehead atoms. The Morgan fingerprint density at radius 2 is 1.96 bits per heavy atom. The number of benzene rings is 2. The fourth-order valence-corrected chi connectivity index (χ4v) is 3.04. The van der Waals surface area contributed by atoms with E-state index in [1.54, 1.807) is 25.3 Å². The molecule has 2 aromatic rings. The van der Waals surface area contributed by atoms with Crippen LogP contribution >= 0.6 is 39.1 Å². The molecule has 0 aliphatic rings. The highest BCUT2D eigenvalue weighted by molar-refractivity contribution is 9.10. The second-order valence-corrected chi connectivity index (χ2v) is 6.81. The van der Waals surface area contributed by atoms with E-state index in [1.165, 1.54) is 0 Å². The molecule has 0 amide bonds. The minimum Gasteiger partial charge on any atom is -0.493 e. The minimum atomic E-state index is -0.910. The molecule has 0 fully saturated rings. The van der Waals surface area contributed by atoms with Gasteiger partial charge in [0, 0.05) is 6.54 Å². The topological polar surface area (TPSA) is 67.8 Å². The van der Waals surface area contributed by atoms with Gasteiger partial charge in [0.05, 0.1) is 28.2 Å². The van der Waals surface area contributed by atoms with Crippen molar-refractivity contribution in [2.24, 2.45) is 0 Å². The monoisotopic (exact) mass is 447 g/mol. The first-order valence-electron chi connectivity index (χ1n) is 7.26. The molecule has 25 heavy (non-hydrogen) atoms. The summed E-state index contributed by atoms with van der Waals surface area (Å²) in [6, 6.07) is 8.94. The van der Waals surface area contributed by atoms with Gasteiger partial charge in [-0.3, -0.25) is 4.79 Å². The smallest absolute Gasteiger partial charge is 0.317 e. The number of carboxylic acids is 1. The Morgan fingerprint density at radius 1 is 1.20 bits per heavy atom. The van der Waals surface area contributed by atoms with Crippen LogP contribution in [0.25, 0.3) is 0 Å². The first-order chi connectivity index (χ1) is 11.9. The number of hydrogen-bond donors (Lipinski definition) is 2. The number of methoxy groups -OCH3 is 1. The average Bonchev–Trinajstić information content (AvgIpc) is 2.56. The van der Waals surface area contributed by atoms with Gasteiger partial charge in [-0.2, -0.15) is 0 Å². The van der Waals surface area contributed by atoms with Crippen LogP contribution in [0.2, 0.25) is 10.0 Å². The molecule has 0 spiro atoms. The first kappa shape index (κ1) is 19.8. The zero-order valence-corrected chi connectivity index (χ0v) is 16.4. The number of ether oxygens (including phenoxy) is 2. The predicted molar refractivity (Wildman–Crippen MR) is 101 cm³/mol. The largest absolute Gasteiger partial charge is 0.493 e. The van der Waals surface area contributed by atoms with E-state index in [9.17, 15) is 4.79 Å². The Bertz CT molecular complexity index is 771. The summed E-state index contributed by atoms with van der Waals surface area (Å²) < 4.78 is 11.9. The lowest BCUT2D eigenvalue weighted by molar-refractivity contribution is -0.135. The van der Waals surface area contributed by atoms with Crippen molar-refractivity contribution in [3.63, 3.8) is 0 Å². The molecule has 5 nitrogen and oxygen atoms in total. The van der Waals surface area contributed by atoms with Gasteiger partial charge in [-0.05, 0) is 51.3 Å². The van der Waals surface area contributed by atoms with Gasteiger partial charge in [-0.1, -0.05) is 29.3 Å². The number of nitrogens with one attached hydrogen (secondary N) is 1. The highest BCUT2D eigenvalue weighted by atomic mass is 79.9. The van der Waals surface area contributed by atoms with E-state index in [0.29, 0.717) is 39.2 Å². The lowest BCUT2D eigenvalue weighted by Gasteiger charge is -2.15. The standard InChI is InChI=1S/C17H16BrCl2NO4/c1-24-15-6-11(7-21-8-16(22)23)4-12(18)17(15)25-9-10-2-3-13(19)14(20)5-10/h2-6,21H,7-9H2,1H3,(H,22,23). The average molecular weight is 449 g/mol. The van der Waals surface area contributed by atoms with Crippen LogP contribution in [0.4, 0.5) is 0 Å². The van der Waals surface area contributed by atoms with Gasteiger partial charge in [0.1, 0.15) is 6.61 Å². The van der Waals surface area contributed by atoms with Crippen LogP contribution in [0, 0.1) is 0 Å². The Hall–Kier alpha value is -1.47. The Labute approximate surface area is 164 Å². The number of rotatable bonds is 8. The summed E-state index contributed by atoms with van der Waals surface area (Å²) in [6.45, 7) is 0.576. The van der Waals surface area contributed by atoms with Crippen LogP contribution in [0.5, 0.6) is 11.5 Å². The maximum Gasteiger partial charge on any atom is 0.317 e. The predicted octanol–water partition coefficient (Wildman–Crippen LogP) is 4.52. The summed E-state index contributed by atoms with van der Waals surface area (Å²) in [4.78, 5) is 10.6. The van der Waals surface area contributed by atoms with Crippen LogP contribution in [-0.2, 0) is 17.9 Å². The molecular weight excluding hydrogens is 433 g/mol. The molecule has 2 N–H and O–H groups in total. The summed E-state index contributed by atoms with van der Waals surface area (Å²) in [5.74, 6) is 0.185. The molecule has 0 aliphatic carbocycles. The van der Waals surface area contributed by atoms with E-state index in [4.69, 9.17) is 37.8 Å². The molecule has 8 heteroatoms. The molecule has 0 heterocycles. The van der Waals surface area contributed by atoms with Crippen molar-refractivity contribution >= 4 is 45.1 Å². The first-order valence-corrected chi connectivity index (χ1v) is 8.81. The lowest BCUT2D eigenvalue weighted by Crippen LogP contribution is -2.21. The number of carboxylic acid groups (broad SMARTS) is 1. The van der Waals surface area contributed by atoms with Crippen molar-refractivity contribution in [3.05, 3.63) is 56.0 Å². The highest BCUT2D eigenvalue weighted by Crippen LogP contribution is 2.37. The van der Waals surface area contributed by atoms with Gasteiger partial charge in [-0.15, -0.1) is 0 Å². The molecule has 0 unspecified atom stereocenters. The maximum absolute atomic E-state index is 10.6. The van der Waals surface area contributed by atoms with Crippen LogP contribution in [0.15, 0.2) is 34.8 Å². The molecular formula is C17H16BrCl2NO4. The number of carbonyl (C=O) groups is 1. The SMILES string of the molecule is COc1cc(CNCC(=O)O)cc(Br)c1OCc1ccc(Cl)c(Cl)c1. The summed E-state index contributed by atoms with van der Waals surface area (Å²) in [5.41, 5.74) is 1.74. The zero-order valence-electron chi connectivity index (χ0n) is 13.3. The molecule has 0 atom stereocenters. The normalized spacial score (nSPS) is 10.6. The third-order valence-corrected chi connectivity index (χ3v) is 4.59. The van der Waals surface area contributed by atoms with E-state index in [-0.39, 0.29) is 6.54 Å². The van der Waals surface area contributed by atoms with E-state index in [0.717, 1.165) is 11.1 Å². The van der Waals surface area contributed by atoms with Crippen molar-refractivity contribution in [1.82, 2.24) is 5.32 Å². The third kappa shape index (κ3) is 5.78. The molecule has 0 aromatic heterocycles. The minimum absolute atomic E-state index is 0.116. The maximum atomic E-state index is 10.6. The molecule has 2 rings (SSSR count). The number of aliphatic carboxylic acids is 1. The van der Waals surface area contributed by atoms with E-state index < -0.39 is 5.97 Å². The van der Waals surface area contributed by atoms with Crippen LogP contribution < -0.4 is 14.8 Å². The Kier molecular flexibility index (Phi) is 7.38. The zero-order chi connectivity index (χ0) is 18.4. The van der Waals surface area contributed by atoms with Crippen molar-refractivity contribution in [1.29, 1.82) is 0 Å². The fraction of sp³-hybridized carbons (Fsp3) is 0.235. The Balaban J connectivity index is 2.11. The van der Waals surface area contributed by atoms with E-state index in [1.807, 2.05) is 12.1 Å². The van der Waals surface area contributed by atoms with E-state index >= 15 is 0 Å². The second kappa shape index (κ2) is 9.29. The highest BCUT2D eigenvalue weighted by Gasteiger charge is 2.12. The number of halogens is 3. The van der Waals surface area contributed by atoms with Gasteiger partial charge in [0.15, 0.2) is 11.5 Å². The van der Waals surface area contributed by atoms with Crippen LogP contribution in [0.3, 0.4) is 0 Å². The number of hydrogen-bond acceptors (Lipinski definition) is 4. The summed E-state index contributed by atoms with van der Waals surface area (Å²) >= 11 is 15.4. The summed E-state index contributed by atoms with van der Waals surface area (Å²) in [7, 11) is 1.54. The molecule has 134 valence electrons. The molecule has 0 aliphatic heterocycles. The van der Waals surface area contributed by atoms with Gasteiger partial charge in [0.25, 0.3) is 0 Å². The van der Waals surface area contributed by atoms with Gasteiger partial charge in [-0.25, -0.2) is 0 Å². The lowest BCUT2D eigenvalue weighted by atomic mass is 10.2. The molecule has 0 saturated heterocycles. The van der Waals surface area contributed by atoms with Crippen LogP contribution in [-0.4, -0.2) is 24.7 Å². The van der Waals surface area contributed by atoms with E-state index in [2.05, 4.69) is 21.2 Å². The fourth-order valence-electron chi connectivity index (χ4n) is 2.11. The van der Waals surface area contributed by atoms with Gasteiger partial charge >= 0.3 is 5.97 Å². The second-order valence-electron chi connectivity index (χ2n) is 5.14. The Morgan fingerprint density at radius 3 is 2.60 bits per heavy atom. The van der Waals surface area contributed by atoms with Gasteiger partial charge in [0.2, 0.25) is 0 Å². The quantitative estimate of drug-likeness (QED) is 0.621. The van der Waals surface area contributed by atoms with Crippen molar-refractivity contribution < 1.29 is 19.4 Å².